The van der Waals surface area contributed by atoms with E-state index in [1.54, 1.807) is 12.1 Å². The highest BCUT2D eigenvalue weighted by Gasteiger charge is 2.30. The highest BCUT2D eigenvalue weighted by Crippen LogP contribution is 2.23. The second-order valence-electron chi connectivity index (χ2n) is 7.93. The van der Waals surface area contributed by atoms with Crippen molar-refractivity contribution in [3.05, 3.63) is 29.6 Å². The van der Waals surface area contributed by atoms with Gasteiger partial charge < -0.3 is 9.80 Å². The van der Waals surface area contributed by atoms with Crippen LogP contribution in [0.5, 0.6) is 0 Å². The van der Waals surface area contributed by atoms with Gasteiger partial charge in [0.15, 0.2) is 5.78 Å². The summed E-state index contributed by atoms with van der Waals surface area (Å²) >= 11 is 0. The molecule has 148 valence electrons. The summed E-state index contributed by atoms with van der Waals surface area (Å²) in [5.74, 6) is 0.428. The molecule has 1 atom stereocenters. The lowest BCUT2D eigenvalue weighted by Gasteiger charge is -2.41. The second-order valence-corrected chi connectivity index (χ2v) is 7.93. The number of amides is 1. The number of ketones is 1. The van der Waals surface area contributed by atoms with Gasteiger partial charge in [0.05, 0.1) is 11.7 Å². The number of likely N-dealkylation sites (tertiary alicyclic amines) is 1. The highest BCUT2D eigenvalue weighted by atomic mass is 19.1. The fraction of sp³-hybridized carbons (Fsp3) is 0.619. The fourth-order valence-electron chi connectivity index (χ4n) is 3.98. The maximum Gasteiger partial charge on any atom is 0.239 e. The molecule has 3 rings (SSSR count). The summed E-state index contributed by atoms with van der Waals surface area (Å²) < 4.78 is 14.4. The van der Waals surface area contributed by atoms with Crippen molar-refractivity contribution in [2.75, 3.05) is 44.2 Å². The number of rotatable bonds is 4. The Morgan fingerprint density at radius 2 is 1.70 bits per heavy atom. The van der Waals surface area contributed by atoms with Crippen LogP contribution in [-0.4, -0.2) is 66.8 Å². The molecule has 0 N–H and O–H groups in total. The zero-order valence-corrected chi connectivity index (χ0v) is 16.6. The molecule has 0 bridgehead atoms. The SMILES string of the molecule is CC(=O)c1ccc(N2CCN(C(C)C(=O)N3CCC(C)CC3)CC2)c(F)c1. The van der Waals surface area contributed by atoms with E-state index < -0.39 is 0 Å². The van der Waals surface area contributed by atoms with E-state index in [0.29, 0.717) is 30.3 Å². The van der Waals surface area contributed by atoms with E-state index in [0.717, 1.165) is 39.0 Å². The van der Waals surface area contributed by atoms with Crippen LogP contribution >= 0.6 is 0 Å². The summed E-state index contributed by atoms with van der Waals surface area (Å²) in [5.41, 5.74) is 0.925. The number of halogens is 1. The Hall–Kier alpha value is -1.95. The van der Waals surface area contributed by atoms with Crippen molar-refractivity contribution in [1.82, 2.24) is 9.80 Å². The van der Waals surface area contributed by atoms with Crippen LogP contribution < -0.4 is 4.90 Å². The summed E-state index contributed by atoms with van der Waals surface area (Å²) in [7, 11) is 0. The van der Waals surface area contributed by atoms with Crippen LogP contribution in [-0.2, 0) is 4.79 Å². The molecule has 0 aromatic heterocycles. The Morgan fingerprint density at radius 1 is 1.07 bits per heavy atom. The molecule has 27 heavy (non-hydrogen) atoms. The molecule has 2 saturated heterocycles. The first-order chi connectivity index (χ1) is 12.9. The molecule has 1 aromatic rings. The molecule has 1 unspecified atom stereocenters. The summed E-state index contributed by atoms with van der Waals surface area (Å²) in [6.45, 7) is 10.2. The quantitative estimate of drug-likeness (QED) is 0.759. The summed E-state index contributed by atoms with van der Waals surface area (Å²) in [4.78, 5) is 30.4. The number of hydrogen-bond acceptors (Lipinski definition) is 4. The summed E-state index contributed by atoms with van der Waals surface area (Å²) in [5, 5.41) is 0. The molecular weight excluding hydrogens is 345 g/mol. The first-order valence-corrected chi connectivity index (χ1v) is 9.95. The molecule has 5 nitrogen and oxygen atoms in total. The van der Waals surface area contributed by atoms with Gasteiger partial charge >= 0.3 is 0 Å². The molecule has 0 saturated carbocycles. The number of piperazine rings is 1. The smallest absolute Gasteiger partial charge is 0.239 e. The van der Waals surface area contributed by atoms with Crippen molar-refractivity contribution >= 4 is 17.4 Å². The lowest BCUT2D eigenvalue weighted by atomic mass is 9.98. The van der Waals surface area contributed by atoms with Gasteiger partial charge in [0.2, 0.25) is 5.91 Å². The maximum atomic E-state index is 14.4. The van der Waals surface area contributed by atoms with Crippen LogP contribution in [0.15, 0.2) is 18.2 Å². The van der Waals surface area contributed by atoms with E-state index in [1.807, 2.05) is 16.7 Å². The van der Waals surface area contributed by atoms with Crippen molar-refractivity contribution in [3.63, 3.8) is 0 Å². The number of hydrogen-bond donors (Lipinski definition) is 0. The van der Waals surface area contributed by atoms with Gasteiger partial charge in [-0.15, -0.1) is 0 Å². The third kappa shape index (κ3) is 4.49. The van der Waals surface area contributed by atoms with Crippen LogP contribution in [0.3, 0.4) is 0 Å². The number of anilines is 1. The Kier molecular flexibility index (Phi) is 6.15. The van der Waals surface area contributed by atoms with Crippen molar-refractivity contribution in [2.45, 2.75) is 39.7 Å². The Balaban J connectivity index is 1.57. The molecule has 2 aliphatic heterocycles. The minimum atomic E-state index is -0.359. The molecule has 0 aliphatic carbocycles. The average molecular weight is 375 g/mol. The van der Waals surface area contributed by atoms with Crippen LogP contribution in [0.2, 0.25) is 0 Å². The lowest BCUT2D eigenvalue weighted by Crippen LogP contribution is -2.55. The van der Waals surface area contributed by atoms with E-state index in [-0.39, 0.29) is 23.5 Å². The summed E-state index contributed by atoms with van der Waals surface area (Å²) in [6, 6.07) is 4.54. The van der Waals surface area contributed by atoms with Crippen LogP contribution in [0, 0.1) is 11.7 Å². The van der Waals surface area contributed by atoms with Gasteiger partial charge in [-0.1, -0.05) is 6.92 Å². The van der Waals surface area contributed by atoms with Gasteiger partial charge in [-0.2, -0.15) is 0 Å². The number of piperidine rings is 1. The Bertz CT molecular complexity index is 693. The van der Waals surface area contributed by atoms with Crippen LogP contribution in [0.25, 0.3) is 0 Å². The van der Waals surface area contributed by atoms with E-state index in [9.17, 15) is 14.0 Å². The van der Waals surface area contributed by atoms with E-state index >= 15 is 0 Å². The highest BCUT2D eigenvalue weighted by molar-refractivity contribution is 5.94. The second kappa shape index (κ2) is 8.38. The Labute approximate surface area is 161 Å². The van der Waals surface area contributed by atoms with Gasteiger partial charge in [0.25, 0.3) is 0 Å². The van der Waals surface area contributed by atoms with Gasteiger partial charge in [0.1, 0.15) is 5.82 Å². The third-order valence-corrected chi connectivity index (χ3v) is 6.01. The van der Waals surface area contributed by atoms with Crippen LogP contribution in [0.1, 0.15) is 44.0 Å². The van der Waals surface area contributed by atoms with Crippen molar-refractivity contribution in [3.8, 4) is 0 Å². The van der Waals surface area contributed by atoms with Crippen molar-refractivity contribution in [2.24, 2.45) is 5.92 Å². The molecule has 1 aromatic carbocycles. The molecule has 0 radical (unpaired) electrons. The van der Waals surface area contributed by atoms with Crippen LogP contribution in [0.4, 0.5) is 10.1 Å². The molecule has 2 heterocycles. The zero-order valence-electron chi connectivity index (χ0n) is 16.6. The number of carbonyl (C=O) groups excluding carboxylic acids is 2. The molecule has 0 spiro atoms. The number of carbonyl (C=O) groups is 2. The predicted octanol–water partition coefficient (Wildman–Crippen LogP) is 2.80. The predicted molar refractivity (Wildman–Crippen MR) is 105 cm³/mol. The minimum absolute atomic E-state index is 0.134. The standard InChI is InChI=1S/C21H30FN3O2/c1-15-6-8-25(9-7-15)21(27)16(2)23-10-12-24(13-11-23)20-5-4-18(17(3)26)14-19(20)22/h4-5,14-16H,6-13H2,1-3H3. The Morgan fingerprint density at radius 3 is 2.26 bits per heavy atom. The van der Waals surface area contributed by atoms with Gasteiger partial charge in [-0.05, 0) is 50.8 Å². The lowest BCUT2D eigenvalue weighted by molar-refractivity contribution is -0.137. The monoisotopic (exact) mass is 375 g/mol. The topological polar surface area (TPSA) is 43.9 Å². The first-order valence-electron chi connectivity index (χ1n) is 9.95. The van der Waals surface area contributed by atoms with E-state index in [1.165, 1.54) is 13.0 Å². The number of benzene rings is 1. The summed E-state index contributed by atoms with van der Waals surface area (Å²) in [6.07, 6.45) is 2.17. The molecular formula is C21H30FN3O2. The number of Topliss-reactive ketones (excluding diaryl/α,β-unsaturated/α-hetero) is 1. The van der Waals surface area contributed by atoms with E-state index in [2.05, 4.69) is 11.8 Å². The van der Waals surface area contributed by atoms with Crippen molar-refractivity contribution in [1.29, 1.82) is 0 Å². The normalized spacial score (nSPS) is 20.6. The largest absolute Gasteiger partial charge is 0.367 e. The van der Waals surface area contributed by atoms with Gasteiger partial charge in [-0.25, -0.2) is 4.39 Å². The third-order valence-electron chi connectivity index (χ3n) is 6.01. The molecule has 2 aliphatic rings. The zero-order chi connectivity index (χ0) is 19.6. The van der Waals surface area contributed by atoms with Gasteiger partial charge in [0, 0.05) is 44.8 Å². The van der Waals surface area contributed by atoms with Crippen molar-refractivity contribution < 1.29 is 14.0 Å². The average Bonchev–Trinajstić information content (AvgIpc) is 2.67. The maximum absolute atomic E-state index is 14.4. The van der Waals surface area contributed by atoms with Gasteiger partial charge in [-0.3, -0.25) is 14.5 Å². The van der Waals surface area contributed by atoms with E-state index in [4.69, 9.17) is 0 Å². The number of nitrogens with zero attached hydrogens (tertiary/aromatic N) is 3. The molecule has 6 heteroatoms. The first kappa shape index (κ1) is 19.8. The molecule has 2 fully saturated rings. The minimum Gasteiger partial charge on any atom is -0.367 e. The molecule has 1 amide bonds. The fourth-order valence-corrected chi connectivity index (χ4v) is 3.98.